The van der Waals surface area contributed by atoms with Gasteiger partial charge in [0.05, 0.1) is 30.8 Å². The maximum Gasteiger partial charge on any atom is 0.296 e. The predicted molar refractivity (Wildman–Crippen MR) is 97.9 cm³/mol. The second-order valence-corrected chi connectivity index (χ2v) is 6.13. The monoisotopic (exact) mass is 374 g/mol. The number of methoxy groups -OCH3 is 1. The van der Waals surface area contributed by atoms with Gasteiger partial charge < -0.3 is 14.5 Å². The minimum Gasteiger partial charge on any atom is -0.496 e. The van der Waals surface area contributed by atoms with Crippen LogP contribution in [0.15, 0.2) is 41.0 Å². The number of carbonyl (C=O) groups is 1. The largest absolute Gasteiger partial charge is 0.496 e. The van der Waals surface area contributed by atoms with E-state index < -0.39 is 10.8 Å². The second-order valence-electron chi connectivity index (χ2n) is 5.72. The summed E-state index contributed by atoms with van der Waals surface area (Å²) in [6.07, 6.45) is 1.48. The molecule has 2 aromatic carbocycles. The number of rotatable bonds is 5. The van der Waals surface area contributed by atoms with Crippen molar-refractivity contribution in [3.05, 3.63) is 62.9 Å². The van der Waals surface area contributed by atoms with E-state index in [1.807, 2.05) is 6.92 Å². The van der Waals surface area contributed by atoms with E-state index in [1.54, 1.807) is 18.2 Å². The highest BCUT2D eigenvalue weighted by Gasteiger charge is 2.18. The fraction of sp³-hybridized carbons (Fsp3) is 0.167. The van der Waals surface area contributed by atoms with Crippen molar-refractivity contribution in [2.24, 2.45) is 0 Å². The Morgan fingerprint density at radius 1 is 1.35 bits per heavy atom. The Morgan fingerprint density at radius 3 is 2.81 bits per heavy atom. The number of aryl methyl sites for hydroxylation is 1. The van der Waals surface area contributed by atoms with Gasteiger partial charge in [0.25, 0.3) is 5.69 Å². The van der Waals surface area contributed by atoms with E-state index in [0.29, 0.717) is 21.9 Å². The summed E-state index contributed by atoms with van der Waals surface area (Å²) < 4.78 is 10.4. The quantitative estimate of drug-likeness (QED) is 0.524. The van der Waals surface area contributed by atoms with Gasteiger partial charge in [-0.3, -0.25) is 14.9 Å². The molecule has 0 atom stereocenters. The van der Waals surface area contributed by atoms with Crippen LogP contribution in [0.5, 0.6) is 5.75 Å². The summed E-state index contributed by atoms with van der Waals surface area (Å²) >= 11 is 6.14. The van der Waals surface area contributed by atoms with Gasteiger partial charge in [0.2, 0.25) is 5.91 Å². The molecule has 0 saturated carbocycles. The molecule has 1 heterocycles. The molecule has 3 aromatic rings. The number of benzene rings is 2. The van der Waals surface area contributed by atoms with E-state index >= 15 is 0 Å². The first-order valence-corrected chi connectivity index (χ1v) is 8.05. The van der Waals surface area contributed by atoms with Gasteiger partial charge in [0.1, 0.15) is 17.0 Å². The first-order valence-electron chi connectivity index (χ1n) is 7.67. The van der Waals surface area contributed by atoms with Crippen LogP contribution in [-0.4, -0.2) is 17.9 Å². The average molecular weight is 375 g/mol. The van der Waals surface area contributed by atoms with Crippen molar-refractivity contribution >= 4 is 39.9 Å². The Labute approximate surface area is 153 Å². The number of ether oxygens (including phenoxy) is 1. The molecule has 134 valence electrons. The lowest BCUT2D eigenvalue weighted by atomic mass is 10.1. The molecule has 0 bridgehead atoms. The van der Waals surface area contributed by atoms with Gasteiger partial charge in [0.15, 0.2) is 0 Å². The van der Waals surface area contributed by atoms with Gasteiger partial charge in [-0.1, -0.05) is 11.6 Å². The van der Waals surface area contributed by atoms with Gasteiger partial charge in [-0.05, 0) is 36.8 Å². The molecule has 0 aliphatic rings. The van der Waals surface area contributed by atoms with Gasteiger partial charge >= 0.3 is 0 Å². The molecular weight excluding hydrogens is 360 g/mol. The van der Waals surface area contributed by atoms with Crippen LogP contribution in [0.25, 0.3) is 11.0 Å². The second kappa shape index (κ2) is 7.05. The number of carbonyl (C=O) groups excluding carboxylic acids is 1. The number of hydrogen-bond donors (Lipinski definition) is 1. The topological polar surface area (TPSA) is 94.6 Å². The summed E-state index contributed by atoms with van der Waals surface area (Å²) in [5, 5.41) is 15.1. The molecule has 3 rings (SSSR count). The normalized spacial score (nSPS) is 10.7. The lowest BCUT2D eigenvalue weighted by molar-refractivity contribution is -0.384. The molecule has 0 unspecified atom stereocenters. The van der Waals surface area contributed by atoms with Crippen LogP contribution in [0.2, 0.25) is 5.02 Å². The van der Waals surface area contributed by atoms with Crippen LogP contribution in [0, 0.1) is 17.0 Å². The number of nitro benzene ring substituents is 1. The standard InChI is InChI=1S/C18H15ClN2O5/c1-10-5-17-13(8-14(10)19)11(9-26-17)6-18(22)20-15-4-3-12(25-2)7-16(15)21(23)24/h3-5,7-9H,6H2,1-2H3,(H,20,22). The number of amides is 1. The molecule has 8 heteroatoms. The van der Waals surface area contributed by atoms with E-state index in [1.165, 1.54) is 25.5 Å². The molecule has 26 heavy (non-hydrogen) atoms. The molecule has 0 radical (unpaired) electrons. The number of nitrogens with one attached hydrogen (secondary N) is 1. The zero-order valence-electron chi connectivity index (χ0n) is 14.0. The van der Waals surface area contributed by atoms with Gasteiger partial charge in [-0.15, -0.1) is 0 Å². The number of nitro groups is 1. The van der Waals surface area contributed by atoms with Crippen molar-refractivity contribution in [3.63, 3.8) is 0 Å². The van der Waals surface area contributed by atoms with Crippen molar-refractivity contribution in [2.75, 3.05) is 12.4 Å². The molecular formula is C18H15ClN2O5. The van der Waals surface area contributed by atoms with Crippen LogP contribution >= 0.6 is 11.6 Å². The average Bonchev–Trinajstić information content (AvgIpc) is 2.97. The number of furan rings is 1. The lowest BCUT2D eigenvalue weighted by Gasteiger charge is -2.07. The van der Waals surface area contributed by atoms with E-state index in [0.717, 1.165) is 10.9 Å². The predicted octanol–water partition coefficient (Wildman–Crippen LogP) is 4.49. The van der Waals surface area contributed by atoms with Gasteiger partial charge in [-0.2, -0.15) is 0 Å². The number of nitrogens with zero attached hydrogens (tertiary/aromatic N) is 1. The Morgan fingerprint density at radius 2 is 2.12 bits per heavy atom. The highest BCUT2D eigenvalue weighted by molar-refractivity contribution is 6.32. The minimum absolute atomic E-state index is 0.00439. The maximum atomic E-state index is 12.4. The third kappa shape index (κ3) is 3.48. The zero-order chi connectivity index (χ0) is 18.8. The Bertz CT molecular complexity index is 1010. The summed E-state index contributed by atoms with van der Waals surface area (Å²) in [5.41, 5.74) is 2.01. The van der Waals surface area contributed by atoms with E-state index in [-0.39, 0.29) is 17.8 Å². The van der Waals surface area contributed by atoms with Crippen LogP contribution in [0.4, 0.5) is 11.4 Å². The third-order valence-electron chi connectivity index (χ3n) is 3.96. The van der Waals surface area contributed by atoms with Gasteiger partial charge in [0, 0.05) is 16.0 Å². The lowest BCUT2D eigenvalue weighted by Crippen LogP contribution is -2.15. The smallest absolute Gasteiger partial charge is 0.296 e. The third-order valence-corrected chi connectivity index (χ3v) is 4.37. The van der Waals surface area contributed by atoms with Crippen molar-refractivity contribution in [2.45, 2.75) is 13.3 Å². The summed E-state index contributed by atoms with van der Waals surface area (Å²) in [4.78, 5) is 23.0. The van der Waals surface area contributed by atoms with E-state index in [9.17, 15) is 14.9 Å². The fourth-order valence-corrected chi connectivity index (χ4v) is 2.76. The molecule has 0 fully saturated rings. The molecule has 0 aliphatic heterocycles. The number of fused-ring (bicyclic) bond motifs is 1. The Hall–Kier alpha value is -3.06. The van der Waals surface area contributed by atoms with E-state index in [4.69, 9.17) is 20.8 Å². The molecule has 1 N–H and O–H groups in total. The van der Waals surface area contributed by atoms with Crippen molar-refractivity contribution in [1.82, 2.24) is 0 Å². The first-order chi connectivity index (χ1) is 12.4. The van der Waals surface area contributed by atoms with Crippen LogP contribution in [-0.2, 0) is 11.2 Å². The maximum absolute atomic E-state index is 12.4. The molecule has 1 amide bonds. The van der Waals surface area contributed by atoms with Crippen molar-refractivity contribution < 1.29 is 18.9 Å². The number of halogens is 1. The highest BCUT2D eigenvalue weighted by Crippen LogP contribution is 2.30. The Balaban J connectivity index is 1.84. The van der Waals surface area contributed by atoms with Crippen LogP contribution in [0.1, 0.15) is 11.1 Å². The van der Waals surface area contributed by atoms with Crippen molar-refractivity contribution in [1.29, 1.82) is 0 Å². The summed E-state index contributed by atoms with van der Waals surface area (Å²) in [6, 6.07) is 7.77. The number of hydrogen-bond acceptors (Lipinski definition) is 5. The zero-order valence-corrected chi connectivity index (χ0v) is 14.8. The summed E-state index contributed by atoms with van der Waals surface area (Å²) in [7, 11) is 1.41. The molecule has 0 saturated heterocycles. The molecule has 0 aliphatic carbocycles. The van der Waals surface area contributed by atoms with Gasteiger partial charge in [-0.25, -0.2) is 0 Å². The molecule has 1 aromatic heterocycles. The van der Waals surface area contributed by atoms with E-state index in [2.05, 4.69) is 5.32 Å². The van der Waals surface area contributed by atoms with Crippen LogP contribution < -0.4 is 10.1 Å². The SMILES string of the molecule is COc1ccc(NC(=O)Cc2coc3cc(C)c(Cl)cc23)c([N+](=O)[O-])c1. The number of anilines is 1. The molecule has 0 spiro atoms. The summed E-state index contributed by atoms with van der Waals surface area (Å²) in [5.74, 6) is -0.0711. The molecule has 7 nitrogen and oxygen atoms in total. The van der Waals surface area contributed by atoms with Crippen molar-refractivity contribution in [3.8, 4) is 5.75 Å². The summed E-state index contributed by atoms with van der Waals surface area (Å²) in [6.45, 7) is 1.86. The van der Waals surface area contributed by atoms with Crippen LogP contribution in [0.3, 0.4) is 0 Å². The Kier molecular flexibility index (Phi) is 4.81. The highest BCUT2D eigenvalue weighted by atomic mass is 35.5. The fourth-order valence-electron chi connectivity index (χ4n) is 2.60. The first kappa shape index (κ1) is 17.8. The minimum atomic E-state index is -0.575.